The van der Waals surface area contributed by atoms with Crippen molar-refractivity contribution in [3.05, 3.63) is 0 Å². The van der Waals surface area contributed by atoms with Gasteiger partial charge in [-0.3, -0.25) is 4.90 Å². The van der Waals surface area contributed by atoms with Crippen molar-refractivity contribution in [3.8, 4) is 0 Å². The Labute approximate surface area is 125 Å². The Hall–Kier alpha value is -0.120. The van der Waals surface area contributed by atoms with E-state index in [0.29, 0.717) is 24.1 Å². The number of nitrogens with one attached hydrogen (secondary N) is 1. The Morgan fingerprint density at radius 1 is 1.20 bits per heavy atom. The lowest BCUT2D eigenvalue weighted by Gasteiger charge is -2.47. The van der Waals surface area contributed by atoms with Crippen molar-refractivity contribution in [1.29, 1.82) is 0 Å². The first-order valence-corrected chi connectivity index (χ1v) is 8.66. The Balaban J connectivity index is 2.01. The van der Waals surface area contributed by atoms with E-state index in [9.17, 15) is 5.11 Å². The minimum atomic E-state index is 0.335. The monoisotopic (exact) mass is 282 g/mol. The molecule has 2 aliphatic rings. The third kappa shape index (κ3) is 3.75. The first-order chi connectivity index (χ1) is 9.58. The zero-order chi connectivity index (χ0) is 14.6. The van der Waals surface area contributed by atoms with Crippen molar-refractivity contribution in [2.24, 2.45) is 11.3 Å². The van der Waals surface area contributed by atoms with E-state index < -0.39 is 0 Å². The summed E-state index contributed by atoms with van der Waals surface area (Å²) in [6.07, 6.45) is 7.81. The highest BCUT2D eigenvalue weighted by molar-refractivity contribution is 4.95. The van der Waals surface area contributed by atoms with Crippen LogP contribution in [-0.4, -0.2) is 48.3 Å². The van der Waals surface area contributed by atoms with E-state index in [1.165, 1.54) is 51.6 Å². The molecule has 0 amide bonds. The SMILES string of the molecule is CCNC1C(CN2CCCCC2CO)CCCC1(C)C. The van der Waals surface area contributed by atoms with E-state index >= 15 is 0 Å². The quantitative estimate of drug-likeness (QED) is 0.814. The van der Waals surface area contributed by atoms with Crippen LogP contribution in [0.5, 0.6) is 0 Å². The largest absolute Gasteiger partial charge is 0.395 e. The highest BCUT2D eigenvalue weighted by Gasteiger charge is 2.39. The van der Waals surface area contributed by atoms with E-state index in [2.05, 4.69) is 31.0 Å². The van der Waals surface area contributed by atoms with Crippen molar-refractivity contribution in [1.82, 2.24) is 10.2 Å². The normalized spacial score (nSPS) is 35.1. The zero-order valence-corrected chi connectivity index (χ0v) is 13.7. The van der Waals surface area contributed by atoms with Crippen molar-refractivity contribution in [3.63, 3.8) is 0 Å². The molecule has 3 unspecified atom stereocenters. The van der Waals surface area contributed by atoms with Gasteiger partial charge < -0.3 is 10.4 Å². The van der Waals surface area contributed by atoms with Gasteiger partial charge in [0.1, 0.15) is 0 Å². The molecule has 1 saturated carbocycles. The third-order valence-electron chi connectivity index (χ3n) is 5.56. The fourth-order valence-electron chi connectivity index (χ4n) is 4.45. The van der Waals surface area contributed by atoms with Crippen LogP contribution in [0.2, 0.25) is 0 Å². The summed E-state index contributed by atoms with van der Waals surface area (Å²) in [6, 6.07) is 1.04. The highest BCUT2D eigenvalue weighted by Crippen LogP contribution is 2.39. The molecule has 0 spiro atoms. The molecule has 3 heteroatoms. The number of rotatable bonds is 5. The molecule has 0 bridgehead atoms. The molecule has 0 radical (unpaired) electrons. The Kier molecular flexibility index (Phi) is 5.88. The van der Waals surface area contributed by atoms with Crippen molar-refractivity contribution in [2.45, 2.75) is 71.4 Å². The van der Waals surface area contributed by atoms with E-state index in [4.69, 9.17) is 0 Å². The van der Waals surface area contributed by atoms with Gasteiger partial charge in [0.15, 0.2) is 0 Å². The molecule has 1 aliphatic carbocycles. The van der Waals surface area contributed by atoms with Crippen LogP contribution in [0.15, 0.2) is 0 Å². The minimum Gasteiger partial charge on any atom is -0.395 e. The van der Waals surface area contributed by atoms with Gasteiger partial charge in [0.2, 0.25) is 0 Å². The van der Waals surface area contributed by atoms with Crippen molar-refractivity contribution >= 4 is 0 Å². The van der Waals surface area contributed by atoms with Crippen LogP contribution in [0.1, 0.15) is 59.3 Å². The summed E-state index contributed by atoms with van der Waals surface area (Å²) in [5.74, 6) is 0.742. The zero-order valence-electron chi connectivity index (χ0n) is 13.7. The molecule has 0 aromatic heterocycles. The van der Waals surface area contributed by atoms with Crippen LogP contribution in [0.4, 0.5) is 0 Å². The fraction of sp³-hybridized carbons (Fsp3) is 1.00. The Bertz CT molecular complexity index is 293. The number of aliphatic hydroxyl groups is 1. The van der Waals surface area contributed by atoms with Crippen LogP contribution in [0.25, 0.3) is 0 Å². The Morgan fingerprint density at radius 2 is 2.00 bits per heavy atom. The molecule has 2 fully saturated rings. The van der Waals surface area contributed by atoms with Gasteiger partial charge in [-0.05, 0) is 50.1 Å². The summed E-state index contributed by atoms with van der Waals surface area (Å²) in [4.78, 5) is 2.57. The maximum atomic E-state index is 9.61. The van der Waals surface area contributed by atoms with E-state index in [0.717, 1.165) is 12.5 Å². The van der Waals surface area contributed by atoms with Gasteiger partial charge in [-0.25, -0.2) is 0 Å². The van der Waals surface area contributed by atoms with Gasteiger partial charge in [0.25, 0.3) is 0 Å². The second kappa shape index (κ2) is 7.24. The molecule has 1 heterocycles. The lowest BCUT2D eigenvalue weighted by Crippen LogP contribution is -2.54. The second-order valence-electron chi connectivity index (χ2n) is 7.50. The molecule has 20 heavy (non-hydrogen) atoms. The summed E-state index contributed by atoms with van der Waals surface area (Å²) in [7, 11) is 0. The average molecular weight is 282 g/mol. The Morgan fingerprint density at radius 3 is 2.70 bits per heavy atom. The number of aliphatic hydroxyl groups excluding tert-OH is 1. The molecule has 3 nitrogen and oxygen atoms in total. The molecular weight excluding hydrogens is 248 g/mol. The molecule has 0 aromatic carbocycles. The molecule has 3 atom stereocenters. The summed E-state index contributed by atoms with van der Waals surface area (Å²) < 4.78 is 0. The molecule has 0 aromatic rings. The predicted octanol–water partition coefficient (Wildman–Crippen LogP) is 2.64. The lowest BCUT2D eigenvalue weighted by molar-refractivity contribution is 0.0348. The molecule has 2 rings (SSSR count). The lowest BCUT2D eigenvalue weighted by atomic mass is 9.67. The number of likely N-dealkylation sites (tertiary alicyclic amines) is 1. The maximum Gasteiger partial charge on any atom is 0.0586 e. The topological polar surface area (TPSA) is 35.5 Å². The molecule has 1 aliphatic heterocycles. The van der Waals surface area contributed by atoms with Gasteiger partial charge in [-0.1, -0.05) is 33.6 Å². The second-order valence-corrected chi connectivity index (χ2v) is 7.50. The van der Waals surface area contributed by atoms with E-state index in [1.54, 1.807) is 0 Å². The average Bonchev–Trinajstić information content (AvgIpc) is 2.43. The number of nitrogens with zero attached hydrogens (tertiary/aromatic N) is 1. The first kappa shape index (κ1) is 16.3. The summed E-state index contributed by atoms with van der Waals surface area (Å²) in [5.41, 5.74) is 0.406. The van der Waals surface area contributed by atoms with Crippen LogP contribution in [0.3, 0.4) is 0 Å². The number of hydrogen-bond donors (Lipinski definition) is 2. The fourth-order valence-corrected chi connectivity index (χ4v) is 4.45. The van der Waals surface area contributed by atoms with Gasteiger partial charge in [-0.2, -0.15) is 0 Å². The van der Waals surface area contributed by atoms with E-state index in [1.807, 2.05) is 0 Å². The van der Waals surface area contributed by atoms with Crippen LogP contribution < -0.4 is 5.32 Å². The molecule has 2 N–H and O–H groups in total. The number of hydrogen-bond acceptors (Lipinski definition) is 3. The summed E-state index contributed by atoms with van der Waals surface area (Å²) in [5, 5.41) is 13.4. The third-order valence-corrected chi connectivity index (χ3v) is 5.56. The van der Waals surface area contributed by atoms with E-state index in [-0.39, 0.29) is 0 Å². The number of piperidine rings is 1. The molecule has 118 valence electrons. The first-order valence-electron chi connectivity index (χ1n) is 8.66. The van der Waals surface area contributed by atoms with Crippen molar-refractivity contribution in [2.75, 3.05) is 26.2 Å². The van der Waals surface area contributed by atoms with Crippen molar-refractivity contribution < 1.29 is 5.11 Å². The van der Waals surface area contributed by atoms with Crippen LogP contribution in [0, 0.1) is 11.3 Å². The smallest absolute Gasteiger partial charge is 0.0586 e. The standard InChI is InChI=1S/C17H34N2O/c1-4-18-16-14(8-7-10-17(16,2)3)12-19-11-6-5-9-15(19)13-20/h14-16,18,20H,4-13H2,1-3H3. The predicted molar refractivity (Wildman–Crippen MR) is 84.9 cm³/mol. The van der Waals surface area contributed by atoms with Crippen LogP contribution in [-0.2, 0) is 0 Å². The van der Waals surface area contributed by atoms with Gasteiger partial charge in [0.05, 0.1) is 6.61 Å². The molecule has 1 saturated heterocycles. The van der Waals surface area contributed by atoms with Gasteiger partial charge in [-0.15, -0.1) is 0 Å². The minimum absolute atomic E-state index is 0.335. The van der Waals surface area contributed by atoms with Crippen LogP contribution >= 0.6 is 0 Å². The van der Waals surface area contributed by atoms with Gasteiger partial charge in [0, 0.05) is 18.6 Å². The summed E-state index contributed by atoms with van der Waals surface area (Å²) in [6.45, 7) is 10.8. The van der Waals surface area contributed by atoms with Gasteiger partial charge >= 0.3 is 0 Å². The summed E-state index contributed by atoms with van der Waals surface area (Å²) >= 11 is 0. The molecular formula is C17H34N2O. The highest BCUT2D eigenvalue weighted by atomic mass is 16.3. The maximum absolute atomic E-state index is 9.61.